The van der Waals surface area contributed by atoms with Crippen molar-refractivity contribution in [2.75, 3.05) is 27.2 Å². The second kappa shape index (κ2) is 7.29. The summed E-state index contributed by atoms with van der Waals surface area (Å²) in [5.74, 6) is -0.853. The van der Waals surface area contributed by atoms with Gasteiger partial charge in [-0.15, -0.1) is 0 Å². The Morgan fingerprint density at radius 2 is 1.85 bits per heavy atom. The highest BCUT2D eigenvalue weighted by atomic mass is 19.1. The van der Waals surface area contributed by atoms with Crippen molar-refractivity contribution in [3.63, 3.8) is 0 Å². The van der Waals surface area contributed by atoms with Crippen molar-refractivity contribution in [3.8, 4) is 0 Å². The van der Waals surface area contributed by atoms with E-state index in [0.29, 0.717) is 41.2 Å². The van der Waals surface area contributed by atoms with Gasteiger partial charge in [0.25, 0.3) is 5.91 Å². The number of amides is 1. The Morgan fingerprint density at radius 1 is 1.15 bits per heavy atom. The van der Waals surface area contributed by atoms with E-state index in [1.807, 2.05) is 32.0 Å². The molecule has 26 heavy (non-hydrogen) atoms. The summed E-state index contributed by atoms with van der Waals surface area (Å²) in [7, 11) is 3.84. The van der Waals surface area contributed by atoms with E-state index in [0.717, 1.165) is 6.07 Å². The van der Waals surface area contributed by atoms with Crippen LogP contribution < -0.4 is 5.32 Å². The smallest absolute Gasteiger partial charge is 0.268 e. The third-order valence-corrected chi connectivity index (χ3v) is 4.05. The first kappa shape index (κ1) is 18.1. The van der Waals surface area contributed by atoms with Crippen LogP contribution in [0.2, 0.25) is 0 Å². The summed E-state index contributed by atoms with van der Waals surface area (Å²) < 4.78 is 34.4. The van der Waals surface area contributed by atoms with Crippen molar-refractivity contribution in [1.29, 1.82) is 0 Å². The quantitative estimate of drug-likeness (QED) is 0.734. The zero-order valence-electron chi connectivity index (χ0n) is 15.0. The Labute approximate surface area is 150 Å². The molecule has 7 heteroatoms. The number of aryl methyl sites for hydroxylation is 1. The van der Waals surface area contributed by atoms with Gasteiger partial charge >= 0.3 is 0 Å². The maximum Gasteiger partial charge on any atom is 0.268 e. The van der Waals surface area contributed by atoms with Crippen molar-refractivity contribution in [2.24, 2.45) is 0 Å². The first-order valence-corrected chi connectivity index (χ1v) is 8.31. The summed E-state index contributed by atoms with van der Waals surface area (Å²) in [4.78, 5) is 14.5. The van der Waals surface area contributed by atoms with Crippen LogP contribution in [0.4, 0.5) is 8.78 Å². The van der Waals surface area contributed by atoms with E-state index >= 15 is 0 Å². The van der Waals surface area contributed by atoms with Gasteiger partial charge in [0.05, 0.1) is 5.52 Å². The molecule has 0 aliphatic rings. The molecule has 3 rings (SSSR count). The highest BCUT2D eigenvalue weighted by molar-refractivity contribution is 5.97. The van der Waals surface area contributed by atoms with Crippen LogP contribution in [-0.4, -0.2) is 42.6 Å². The largest absolute Gasteiger partial charge is 0.460 e. The van der Waals surface area contributed by atoms with E-state index in [1.54, 1.807) is 10.6 Å². The fourth-order valence-electron chi connectivity index (χ4n) is 2.89. The molecular formula is C19H21F2N3O2. The number of likely N-dealkylation sites (N-methyl/N-ethyl adjacent to an activating group) is 1. The molecule has 0 spiro atoms. The normalized spacial score (nSPS) is 11.5. The topological polar surface area (TPSA) is 50.4 Å². The molecular weight excluding hydrogens is 340 g/mol. The number of carbonyl (C=O) groups is 1. The van der Waals surface area contributed by atoms with Gasteiger partial charge in [-0.1, -0.05) is 0 Å². The maximum absolute atomic E-state index is 13.5. The molecule has 0 fully saturated rings. The Morgan fingerprint density at radius 3 is 2.50 bits per heavy atom. The zero-order valence-corrected chi connectivity index (χ0v) is 15.0. The lowest BCUT2D eigenvalue weighted by Gasteiger charge is -2.13. The zero-order chi connectivity index (χ0) is 18.8. The highest BCUT2D eigenvalue weighted by Gasteiger charge is 2.19. The summed E-state index contributed by atoms with van der Waals surface area (Å²) >= 11 is 0. The highest BCUT2D eigenvalue weighted by Crippen LogP contribution is 2.25. The summed E-state index contributed by atoms with van der Waals surface area (Å²) in [5, 5.41) is 2.85. The van der Waals surface area contributed by atoms with Gasteiger partial charge in [-0.3, -0.25) is 4.79 Å². The van der Waals surface area contributed by atoms with Gasteiger partial charge in [0.1, 0.15) is 23.1 Å². The van der Waals surface area contributed by atoms with Gasteiger partial charge in [0.15, 0.2) is 5.58 Å². The number of carbonyl (C=O) groups excluding carboxylic acids is 1. The minimum absolute atomic E-state index is 0.160. The molecule has 138 valence electrons. The van der Waals surface area contributed by atoms with Gasteiger partial charge in [-0.25, -0.2) is 8.78 Å². The minimum atomic E-state index is -0.649. The first-order valence-electron chi connectivity index (χ1n) is 8.31. The molecule has 1 amide bonds. The number of nitrogens with zero attached hydrogens (tertiary/aromatic N) is 2. The monoisotopic (exact) mass is 361 g/mol. The lowest BCUT2D eigenvalue weighted by molar-refractivity contribution is 0.0942. The molecule has 0 aliphatic carbocycles. The Kier molecular flexibility index (Phi) is 5.08. The van der Waals surface area contributed by atoms with Crippen molar-refractivity contribution in [1.82, 2.24) is 14.8 Å². The fourth-order valence-corrected chi connectivity index (χ4v) is 2.89. The molecule has 3 aromatic rings. The van der Waals surface area contributed by atoms with E-state index < -0.39 is 11.6 Å². The number of aromatic nitrogens is 1. The van der Waals surface area contributed by atoms with Crippen LogP contribution in [0.1, 0.15) is 21.8 Å². The average molecular weight is 361 g/mol. The molecule has 1 aromatic carbocycles. The van der Waals surface area contributed by atoms with Gasteiger partial charge in [0.2, 0.25) is 0 Å². The number of furan rings is 1. The third kappa shape index (κ3) is 3.94. The van der Waals surface area contributed by atoms with Crippen LogP contribution in [0.3, 0.4) is 0 Å². The second-order valence-corrected chi connectivity index (χ2v) is 6.56. The number of halogens is 2. The van der Waals surface area contributed by atoms with Crippen LogP contribution in [0.25, 0.3) is 11.1 Å². The molecule has 0 saturated heterocycles. The number of rotatable bonds is 6. The van der Waals surface area contributed by atoms with Crippen LogP contribution in [0.15, 0.2) is 34.7 Å². The van der Waals surface area contributed by atoms with E-state index in [4.69, 9.17) is 4.42 Å². The van der Waals surface area contributed by atoms with Crippen LogP contribution in [-0.2, 0) is 6.54 Å². The third-order valence-electron chi connectivity index (χ3n) is 4.05. The van der Waals surface area contributed by atoms with Crippen molar-refractivity contribution in [2.45, 2.75) is 13.5 Å². The van der Waals surface area contributed by atoms with Gasteiger partial charge in [-0.2, -0.15) is 0 Å². The van der Waals surface area contributed by atoms with E-state index in [-0.39, 0.29) is 12.5 Å². The Hall–Kier alpha value is -2.67. The van der Waals surface area contributed by atoms with Gasteiger partial charge in [-0.05, 0) is 38.7 Å². The molecule has 0 bridgehead atoms. The van der Waals surface area contributed by atoms with E-state index in [1.165, 1.54) is 12.1 Å². The summed E-state index contributed by atoms with van der Waals surface area (Å²) in [5.41, 5.74) is 2.10. The number of hydrogen-bond acceptors (Lipinski definition) is 3. The lowest BCUT2D eigenvalue weighted by Crippen LogP contribution is -2.32. The maximum atomic E-state index is 13.5. The van der Waals surface area contributed by atoms with Crippen molar-refractivity contribution < 1.29 is 18.0 Å². The summed E-state index contributed by atoms with van der Waals surface area (Å²) in [6.45, 7) is 3.17. The number of hydrogen-bond donors (Lipinski definition) is 1. The Bertz CT molecular complexity index is 924. The SMILES string of the molecule is Cc1cc2c(cc(C(=O)NCCN(C)C)n2Cc2cc(F)cc(F)c2)o1. The van der Waals surface area contributed by atoms with Crippen LogP contribution in [0.5, 0.6) is 0 Å². The molecule has 0 atom stereocenters. The fraction of sp³-hybridized carbons (Fsp3) is 0.316. The van der Waals surface area contributed by atoms with Gasteiger partial charge < -0.3 is 19.2 Å². The molecule has 0 saturated carbocycles. The molecule has 0 unspecified atom stereocenters. The number of fused-ring (bicyclic) bond motifs is 1. The molecule has 5 nitrogen and oxygen atoms in total. The van der Waals surface area contributed by atoms with Crippen molar-refractivity contribution in [3.05, 3.63) is 59.0 Å². The molecule has 1 N–H and O–H groups in total. The summed E-state index contributed by atoms with van der Waals surface area (Å²) in [6, 6.07) is 6.81. The molecule has 0 aliphatic heterocycles. The standard InChI is InChI=1S/C19H21F2N3O2/c1-12-6-16-18(26-12)10-17(19(25)22-4-5-23(2)3)24(16)11-13-7-14(20)9-15(21)8-13/h6-10H,4-5,11H2,1-3H3,(H,22,25). The lowest BCUT2D eigenvalue weighted by atomic mass is 10.2. The second-order valence-electron chi connectivity index (χ2n) is 6.56. The van der Waals surface area contributed by atoms with E-state index in [2.05, 4.69) is 5.32 Å². The van der Waals surface area contributed by atoms with Crippen molar-refractivity contribution >= 4 is 17.0 Å². The first-order chi connectivity index (χ1) is 12.3. The Balaban J connectivity index is 1.94. The van der Waals surface area contributed by atoms with Gasteiger partial charge in [0, 0.05) is 37.8 Å². The molecule has 2 heterocycles. The minimum Gasteiger partial charge on any atom is -0.460 e. The molecule has 0 radical (unpaired) electrons. The predicted molar refractivity (Wildman–Crippen MR) is 95.3 cm³/mol. The summed E-state index contributed by atoms with van der Waals surface area (Å²) in [6.07, 6.45) is 0. The number of benzene rings is 1. The average Bonchev–Trinajstić information content (AvgIpc) is 3.03. The number of nitrogens with one attached hydrogen (secondary N) is 1. The van der Waals surface area contributed by atoms with Crippen LogP contribution in [0, 0.1) is 18.6 Å². The molecule has 2 aromatic heterocycles. The van der Waals surface area contributed by atoms with E-state index in [9.17, 15) is 13.6 Å². The van der Waals surface area contributed by atoms with Crippen LogP contribution >= 0.6 is 0 Å². The predicted octanol–water partition coefficient (Wildman–Crippen LogP) is 3.16.